The van der Waals surface area contributed by atoms with Crippen molar-refractivity contribution in [1.82, 2.24) is 0 Å². The Bertz CT molecular complexity index is 986. The molecule has 0 bridgehead atoms. The van der Waals surface area contributed by atoms with Crippen LogP contribution in [0.25, 0.3) is 0 Å². The van der Waals surface area contributed by atoms with Crippen LogP contribution in [-0.4, -0.2) is 36.2 Å². The second kappa shape index (κ2) is 9.61. The van der Waals surface area contributed by atoms with Crippen molar-refractivity contribution in [2.45, 2.75) is 33.1 Å². The largest absolute Gasteiger partial charge is 0.507 e. The number of carbonyl (C=O) groups is 3. The SMILES string of the molecule is CCOC(=O)c1c(NC(=O)COC(=O)c2cc(Br)ccc2O)sc2c1CC[C@@H](C)C2. The first kappa shape index (κ1) is 22.3. The summed E-state index contributed by atoms with van der Waals surface area (Å²) in [5.74, 6) is -1.60. The fourth-order valence-corrected chi connectivity index (χ4v) is 5.08. The Morgan fingerprint density at radius 1 is 1.27 bits per heavy atom. The number of thiophene rings is 1. The highest BCUT2D eigenvalue weighted by atomic mass is 79.9. The van der Waals surface area contributed by atoms with E-state index in [9.17, 15) is 19.5 Å². The summed E-state index contributed by atoms with van der Waals surface area (Å²) in [6.45, 7) is 3.57. The highest BCUT2D eigenvalue weighted by molar-refractivity contribution is 9.10. The van der Waals surface area contributed by atoms with Gasteiger partial charge in [0.1, 0.15) is 16.3 Å². The van der Waals surface area contributed by atoms with E-state index in [0.29, 0.717) is 21.0 Å². The van der Waals surface area contributed by atoms with Gasteiger partial charge in [0.15, 0.2) is 6.61 Å². The molecule has 0 aliphatic heterocycles. The van der Waals surface area contributed by atoms with Crippen LogP contribution in [0.3, 0.4) is 0 Å². The van der Waals surface area contributed by atoms with Gasteiger partial charge in [-0.2, -0.15) is 0 Å². The van der Waals surface area contributed by atoms with Crippen LogP contribution >= 0.6 is 27.3 Å². The second-order valence-corrected chi connectivity index (χ2v) is 9.08. The molecule has 0 unspecified atom stereocenters. The minimum atomic E-state index is -0.825. The highest BCUT2D eigenvalue weighted by Gasteiger charge is 2.29. The molecule has 0 radical (unpaired) electrons. The van der Waals surface area contributed by atoms with Gasteiger partial charge >= 0.3 is 11.9 Å². The third kappa shape index (κ3) is 5.02. The zero-order valence-electron chi connectivity index (χ0n) is 16.6. The van der Waals surface area contributed by atoms with Gasteiger partial charge < -0.3 is 19.9 Å². The van der Waals surface area contributed by atoms with Crippen LogP contribution in [0.4, 0.5) is 5.00 Å². The molecule has 0 fully saturated rings. The summed E-state index contributed by atoms with van der Waals surface area (Å²) in [6, 6.07) is 4.33. The van der Waals surface area contributed by atoms with E-state index in [1.54, 1.807) is 13.0 Å². The number of carbonyl (C=O) groups excluding carboxylic acids is 3. The van der Waals surface area contributed by atoms with Crippen LogP contribution in [0.15, 0.2) is 22.7 Å². The first-order valence-corrected chi connectivity index (χ1v) is 11.2. The molecule has 0 saturated carbocycles. The van der Waals surface area contributed by atoms with Crippen LogP contribution in [0.1, 0.15) is 51.4 Å². The number of ether oxygens (including phenoxy) is 2. The Hall–Kier alpha value is -2.39. The smallest absolute Gasteiger partial charge is 0.342 e. The third-order valence-corrected chi connectivity index (χ3v) is 6.42. The Morgan fingerprint density at radius 2 is 2.03 bits per heavy atom. The molecule has 0 spiro atoms. The molecule has 7 nitrogen and oxygen atoms in total. The molecule has 2 N–H and O–H groups in total. The average Bonchev–Trinajstić information content (AvgIpc) is 3.04. The van der Waals surface area contributed by atoms with Crippen LogP contribution in [0.5, 0.6) is 5.75 Å². The summed E-state index contributed by atoms with van der Waals surface area (Å²) in [5, 5.41) is 12.9. The fourth-order valence-electron chi connectivity index (χ4n) is 3.30. The molecule has 160 valence electrons. The molecule has 0 saturated heterocycles. The van der Waals surface area contributed by atoms with Crippen molar-refractivity contribution in [3.63, 3.8) is 0 Å². The molecule has 3 rings (SSSR count). The van der Waals surface area contributed by atoms with E-state index in [0.717, 1.165) is 29.7 Å². The summed E-state index contributed by atoms with van der Waals surface area (Å²) < 4.78 is 10.8. The van der Waals surface area contributed by atoms with E-state index < -0.39 is 24.5 Å². The lowest BCUT2D eigenvalue weighted by Gasteiger charge is -2.18. The van der Waals surface area contributed by atoms with Gasteiger partial charge in [-0.25, -0.2) is 9.59 Å². The van der Waals surface area contributed by atoms with Gasteiger partial charge in [0.2, 0.25) is 0 Å². The van der Waals surface area contributed by atoms with Crippen LogP contribution in [0, 0.1) is 5.92 Å². The third-order valence-electron chi connectivity index (χ3n) is 4.76. The number of rotatable bonds is 6. The molecule has 1 aromatic heterocycles. The lowest BCUT2D eigenvalue weighted by Crippen LogP contribution is -2.22. The zero-order valence-corrected chi connectivity index (χ0v) is 19.0. The predicted octanol–water partition coefficient (Wildman–Crippen LogP) is 4.31. The standard InChI is InChI=1S/C21H22BrNO6S/c1-3-28-21(27)18-13-6-4-11(2)8-16(13)30-19(18)23-17(25)10-29-20(26)14-9-12(22)5-7-15(14)24/h5,7,9,11,24H,3-4,6,8,10H2,1-2H3,(H,23,25)/t11-/m1/s1. The number of aromatic hydroxyl groups is 1. The van der Waals surface area contributed by atoms with Crippen molar-refractivity contribution >= 4 is 50.1 Å². The summed E-state index contributed by atoms with van der Waals surface area (Å²) >= 11 is 4.58. The van der Waals surface area contributed by atoms with Crippen molar-refractivity contribution < 1.29 is 29.0 Å². The number of hydrogen-bond acceptors (Lipinski definition) is 7. The maximum atomic E-state index is 12.5. The van der Waals surface area contributed by atoms with Gasteiger partial charge in [-0.1, -0.05) is 22.9 Å². The van der Waals surface area contributed by atoms with E-state index in [4.69, 9.17) is 9.47 Å². The number of halogens is 1. The van der Waals surface area contributed by atoms with Gasteiger partial charge in [-0.05, 0) is 55.9 Å². The van der Waals surface area contributed by atoms with Crippen molar-refractivity contribution in [2.24, 2.45) is 5.92 Å². The van der Waals surface area contributed by atoms with Crippen LogP contribution in [0.2, 0.25) is 0 Å². The van der Waals surface area contributed by atoms with Crippen molar-refractivity contribution in [1.29, 1.82) is 0 Å². The minimum Gasteiger partial charge on any atom is -0.507 e. The molecular formula is C21H22BrNO6S. The lowest BCUT2D eigenvalue weighted by molar-refractivity contribution is -0.119. The number of esters is 2. The van der Waals surface area contributed by atoms with Crippen molar-refractivity contribution in [2.75, 3.05) is 18.5 Å². The van der Waals surface area contributed by atoms with E-state index in [2.05, 4.69) is 28.2 Å². The molecule has 30 heavy (non-hydrogen) atoms. The number of benzene rings is 1. The Balaban J connectivity index is 1.72. The molecule has 1 aliphatic rings. The maximum Gasteiger partial charge on any atom is 0.342 e. The summed E-state index contributed by atoms with van der Waals surface area (Å²) in [6.07, 6.45) is 2.57. The normalized spacial score (nSPS) is 15.2. The van der Waals surface area contributed by atoms with Gasteiger partial charge in [0.05, 0.1) is 12.2 Å². The minimum absolute atomic E-state index is 0.0510. The Labute approximate surface area is 186 Å². The molecule has 1 amide bonds. The number of fused-ring (bicyclic) bond motifs is 1. The van der Waals surface area contributed by atoms with Crippen molar-refractivity contribution in [3.05, 3.63) is 44.2 Å². The maximum absolute atomic E-state index is 12.5. The van der Waals surface area contributed by atoms with E-state index >= 15 is 0 Å². The highest BCUT2D eigenvalue weighted by Crippen LogP contribution is 2.40. The van der Waals surface area contributed by atoms with E-state index in [-0.39, 0.29) is 17.9 Å². The van der Waals surface area contributed by atoms with Gasteiger partial charge in [-0.3, -0.25) is 4.79 Å². The number of phenols is 1. The molecule has 1 heterocycles. The number of hydrogen-bond donors (Lipinski definition) is 2. The van der Waals surface area contributed by atoms with Crippen LogP contribution in [-0.2, 0) is 27.1 Å². The average molecular weight is 496 g/mol. The predicted molar refractivity (Wildman–Crippen MR) is 116 cm³/mol. The van der Waals surface area contributed by atoms with Gasteiger partial charge in [0.25, 0.3) is 5.91 Å². The number of nitrogens with one attached hydrogen (secondary N) is 1. The van der Waals surface area contributed by atoms with Gasteiger partial charge in [-0.15, -0.1) is 11.3 Å². The lowest BCUT2D eigenvalue weighted by atomic mass is 9.88. The van der Waals surface area contributed by atoms with Crippen molar-refractivity contribution in [3.8, 4) is 5.75 Å². The fraction of sp³-hybridized carbons (Fsp3) is 0.381. The molecule has 1 aliphatic carbocycles. The summed E-state index contributed by atoms with van der Waals surface area (Å²) in [7, 11) is 0. The second-order valence-electron chi connectivity index (χ2n) is 7.06. The quantitative estimate of drug-likeness (QED) is 0.578. The zero-order chi connectivity index (χ0) is 21.8. The first-order valence-electron chi connectivity index (χ1n) is 9.57. The molecular weight excluding hydrogens is 474 g/mol. The molecule has 1 aromatic carbocycles. The first-order chi connectivity index (χ1) is 14.3. The monoisotopic (exact) mass is 495 g/mol. The summed E-state index contributed by atoms with van der Waals surface area (Å²) in [4.78, 5) is 38.2. The van der Waals surface area contributed by atoms with E-state index in [1.165, 1.54) is 23.5 Å². The molecule has 1 atom stereocenters. The van der Waals surface area contributed by atoms with Crippen LogP contribution < -0.4 is 5.32 Å². The topological polar surface area (TPSA) is 102 Å². The Kier molecular flexibility index (Phi) is 7.14. The number of phenolic OH excluding ortho intramolecular Hbond substituents is 1. The van der Waals surface area contributed by atoms with E-state index in [1.807, 2.05) is 0 Å². The molecule has 9 heteroatoms. The number of amides is 1. The number of anilines is 1. The van der Waals surface area contributed by atoms with Gasteiger partial charge in [0, 0.05) is 9.35 Å². The summed E-state index contributed by atoms with van der Waals surface area (Å²) in [5.41, 5.74) is 1.28. The molecule has 2 aromatic rings. The Morgan fingerprint density at radius 3 is 2.77 bits per heavy atom.